The Morgan fingerprint density at radius 3 is 2.11 bits per heavy atom. The Labute approximate surface area is 158 Å². The van der Waals surface area contributed by atoms with E-state index in [1.54, 1.807) is 0 Å². The van der Waals surface area contributed by atoms with Crippen LogP contribution in [0, 0.1) is 5.92 Å². The first-order valence-electron chi connectivity index (χ1n) is 9.47. The molecule has 1 atom stereocenters. The fraction of sp³-hybridized carbons (Fsp3) is 0.364. The van der Waals surface area contributed by atoms with E-state index in [1.165, 1.54) is 0 Å². The Hall–Kier alpha value is -2.82. The average molecular weight is 364 g/mol. The summed E-state index contributed by atoms with van der Waals surface area (Å²) in [6.07, 6.45) is 2.87. The fourth-order valence-corrected chi connectivity index (χ4v) is 4.43. The summed E-state index contributed by atoms with van der Waals surface area (Å²) in [5, 5.41) is 13.9. The molecule has 1 fully saturated rings. The second-order valence-electron chi connectivity index (χ2n) is 7.31. The molecule has 0 spiro atoms. The Balaban J connectivity index is 1.45. The molecule has 1 saturated carbocycles. The maximum atomic E-state index is 12.3. The Kier molecular flexibility index (Phi) is 4.84. The Morgan fingerprint density at radius 2 is 1.56 bits per heavy atom. The van der Waals surface area contributed by atoms with Crippen molar-refractivity contribution in [1.82, 2.24) is 5.32 Å². The number of hydrogen-bond acceptors (Lipinski definition) is 4. The van der Waals surface area contributed by atoms with Gasteiger partial charge in [0.2, 0.25) is 0 Å². The van der Waals surface area contributed by atoms with Crippen LogP contribution in [0.15, 0.2) is 48.5 Å². The number of carbonyl (C=O) groups excluding carboxylic acids is 2. The average Bonchev–Trinajstić information content (AvgIpc) is 3.31. The van der Waals surface area contributed by atoms with Crippen molar-refractivity contribution < 1.29 is 19.4 Å². The lowest BCUT2D eigenvalue weighted by molar-refractivity contribution is -0.309. The molecule has 2 aliphatic rings. The van der Waals surface area contributed by atoms with E-state index >= 15 is 0 Å². The lowest BCUT2D eigenvalue weighted by Crippen LogP contribution is -2.51. The number of carboxylic acids is 1. The number of fused-ring (bicyclic) bond motifs is 3. The van der Waals surface area contributed by atoms with Gasteiger partial charge in [-0.05, 0) is 41.0 Å². The molecule has 0 aliphatic heterocycles. The Morgan fingerprint density at radius 1 is 1.00 bits per heavy atom. The van der Waals surface area contributed by atoms with Gasteiger partial charge in [-0.1, -0.05) is 61.4 Å². The molecule has 0 unspecified atom stereocenters. The van der Waals surface area contributed by atoms with Crippen LogP contribution in [0.5, 0.6) is 0 Å². The quantitative estimate of drug-likeness (QED) is 0.885. The van der Waals surface area contributed by atoms with E-state index in [0.717, 1.165) is 47.9 Å². The summed E-state index contributed by atoms with van der Waals surface area (Å²) in [4.78, 5) is 23.7. The molecular formula is C22H22NO4-. The van der Waals surface area contributed by atoms with Crippen molar-refractivity contribution in [2.24, 2.45) is 5.92 Å². The maximum Gasteiger partial charge on any atom is 0.407 e. The van der Waals surface area contributed by atoms with Crippen molar-refractivity contribution >= 4 is 12.1 Å². The zero-order valence-corrected chi connectivity index (χ0v) is 15.0. The summed E-state index contributed by atoms with van der Waals surface area (Å²) in [7, 11) is 0. The highest BCUT2D eigenvalue weighted by Crippen LogP contribution is 2.44. The maximum absolute atomic E-state index is 12.3. The summed E-state index contributed by atoms with van der Waals surface area (Å²) in [6, 6.07) is 15.2. The molecule has 2 aliphatic carbocycles. The molecule has 27 heavy (non-hydrogen) atoms. The van der Waals surface area contributed by atoms with E-state index in [-0.39, 0.29) is 18.4 Å². The summed E-state index contributed by atoms with van der Waals surface area (Å²) in [5.74, 6) is -1.36. The molecular weight excluding hydrogens is 342 g/mol. The van der Waals surface area contributed by atoms with E-state index in [1.807, 2.05) is 36.4 Å². The smallest absolute Gasteiger partial charge is 0.407 e. The van der Waals surface area contributed by atoms with Crippen molar-refractivity contribution in [3.8, 4) is 11.1 Å². The van der Waals surface area contributed by atoms with Crippen LogP contribution >= 0.6 is 0 Å². The standard InChI is InChI=1S/C22H23NO4/c24-21(25)20(14-7-1-2-8-14)23-22(26)27-13-19-17-11-5-3-9-15(17)16-10-4-6-12-18(16)19/h3-6,9-12,14,19-20H,1-2,7-8,13H2,(H,23,26)(H,24,25)/p-1/t20-/m0/s1. The number of rotatable bonds is 5. The molecule has 0 heterocycles. The van der Waals surface area contributed by atoms with Crippen molar-refractivity contribution in [2.75, 3.05) is 6.61 Å². The second kappa shape index (κ2) is 7.43. The third kappa shape index (κ3) is 3.42. The zero-order valence-electron chi connectivity index (χ0n) is 15.0. The molecule has 2 aromatic carbocycles. The summed E-state index contributed by atoms with van der Waals surface area (Å²) >= 11 is 0. The van der Waals surface area contributed by atoms with E-state index in [4.69, 9.17) is 4.74 Å². The van der Waals surface area contributed by atoms with Crippen molar-refractivity contribution in [3.63, 3.8) is 0 Å². The predicted octanol–water partition coefficient (Wildman–Crippen LogP) is 2.83. The van der Waals surface area contributed by atoms with Gasteiger partial charge in [0.05, 0.1) is 12.0 Å². The number of carboxylic acid groups (broad SMARTS) is 1. The number of amides is 1. The lowest BCUT2D eigenvalue weighted by Gasteiger charge is -2.25. The minimum atomic E-state index is -1.24. The lowest BCUT2D eigenvalue weighted by atomic mass is 9.98. The highest BCUT2D eigenvalue weighted by Gasteiger charge is 2.31. The van der Waals surface area contributed by atoms with Crippen LogP contribution < -0.4 is 10.4 Å². The third-order valence-corrected chi connectivity index (χ3v) is 5.74. The van der Waals surface area contributed by atoms with Gasteiger partial charge in [0.15, 0.2) is 0 Å². The number of alkyl carbamates (subject to hydrolysis) is 1. The number of hydrogen-bond donors (Lipinski definition) is 1. The minimum absolute atomic E-state index is 0.0453. The number of carbonyl (C=O) groups is 2. The van der Waals surface area contributed by atoms with E-state index in [2.05, 4.69) is 17.4 Å². The molecule has 5 nitrogen and oxygen atoms in total. The van der Waals surface area contributed by atoms with E-state index < -0.39 is 18.1 Å². The second-order valence-corrected chi connectivity index (χ2v) is 7.31. The molecule has 2 aromatic rings. The first-order chi connectivity index (χ1) is 13.1. The van der Waals surface area contributed by atoms with Gasteiger partial charge in [-0.3, -0.25) is 0 Å². The molecule has 0 saturated heterocycles. The molecule has 1 amide bonds. The number of aliphatic carboxylic acids is 1. The SMILES string of the molecule is O=C(N[C@H](C(=O)[O-])C1CCCC1)OCC1c2ccccc2-c2ccccc21. The van der Waals surface area contributed by atoms with Crippen LogP contribution in [0.4, 0.5) is 4.79 Å². The van der Waals surface area contributed by atoms with E-state index in [9.17, 15) is 14.7 Å². The van der Waals surface area contributed by atoms with Crippen LogP contribution in [0.1, 0.15) is 42.7 Å². The van der Waals surface area contributed by atoms with Gasteiger partial charge in [0, 0.05) is 5.92 Å². The minimum Gasteiger partial charge on any atom is -0.548 e. The molecule has 5 heteroatoms. The fourth-order valence-electron chi connectivity index (χ4n) is 4.43. The molecule has 0 aromatic heterocycles. The van der Waals surface area contributed by atoms with Crippen molar-refractivity contribution in [1.29, 1.82) is 0 Å². The molecule has 1 N–H and O–H groups in total. The first kappa shape index (κ1) is 17.6. The summed E-state index contributed by atoms with van der Waals surface area (Å²) in [5.41, 5.74) is 4.55. The van der Waals surface area contributed by atoms with Crippen molar-refractivity contribution in [2.45, 2.75) is 37.6 Å². The largest absolute Gasteiger partial charge is 0.548 e. The first-order valence-corrected chi connectivity index (χ1v) is 9.47. The van der Waals surface area contributed by atoms with Crippen LogP contribution in [0.2, 0.25) is 0 Å². The number of nitrogens with one attached hydrogen (secondary N) is 1. The van der Waals surface area contributed by atoms with Gasteiger partial charge in [-0.25, -0.2) is 4.79 Å². The van der Waals surface area contributed by atoms with Crippen LogP contribution in [-0.4, -0.2) is 24.7 Å². The number of benzene rings is 2. The van der Waals surface area contributed by atoms with E-state index in [0.29, 0.717) is 0 Å². The van der Waals surface area contributed by atoms with Gasteiger partial charge in [-0.2, -0.15) is 0 Å². The molecule has 0 bridgehead atoms. The van der Waals surface area contributed by atoms with Gasteiger partial charge in [0.1, 0.15) is 6.61 Å². The van der Waals surface area contributed by atoms with Gasteiger partial charge < -0.3 is 20.0 Å². The highest BCUT2D eigenvalue weighted by molar-refractivity contribution is 5.80. The third-order valence-electron chi connectivity index (χ3n) is 5.74. The van der Waals surface area contributed by atoms with Gasteiger partial charge >= 0.3 is 6.09 Å². The van der Waals surface area contributed by atoms with Gasteiger partial charge in [-0.15, -0.1) is 0 Å². The summed E-state index contributed by atoms with van der Waals surface area (Å²) < 4.78 is 5.44. The molecule has 4 rings (SSSR count). The van der Waals surface area contributed by atoms with Crippen molar-refractivity contribution in [3.05, 3.63) is 59.7 Å². The monoisotopic (exact) mass is 364 g/mol. The van der Waals surface area contributed by atoms with Crippen LogP contribution in [-0.2, 0) is 9.53 Å². The van der Waals surface area contributed by atoms with Crippen LogP contribution in [0.3, 0.4) is 0 Å². The predicted molar refractivity (Wildman–Crippen MR) is 99.0 cm³/mol. The topological polar surface area (TPSA) is 78.5 Å². The molecule has 140 valence electrons. The normalized spacial score (nSPS) is 17.2. The highest BCUT2D eigenvalue weighted by atomic mass is 16.5. The van der Waals surface area contributed by atoms with Crippen LogP contribution in [0.25, 0.3) is 11.1 Å². The summed E-state index contributed by atoms with van der Waals surface area (Å²) in [6.45, 7) is 0.171. The Bertz CT molecular complexity index is 811. The zero-order chi connectivity index (χ0) is 18.8. The van der Waals surface area contributed by atoms with Gasteiger partial charge in [0.25, 0.3) is 0 Å². The number of ether oxygens (including phenoxy) is 1. The molecule has 0 radical (unpaired) electrons.